The molecule has 0 spiro atoms. The summed E-state index contributed by atoms with van der Waals surface area (Å²) in [5.74, 6) is 0.901. The number of nitrogens with one attached hydrogen (secondary N) is 1. The summed E-state index contributed by atoms with van der Waals surface area (Å²) in [6.45, 7) is 13.5. The second kappa shape index (κ2) is 9.61. The summed E-state index contributed by atoms with van der Waals surface area (Å²) >= 11 is 0. The van der Waals surface area contributed by atoms with Crippen LogP contribution >= 0.6 is 0 Å². The minimum absolute atomic E-state index is 0.0608. The van der Waals surface area contributed by atoms with Gasteiger partial charge in [-0.3, -0.25) is 0 Å². The molecule has 1 heterocycles. The Balaban J connectivity index is 1.97. The molecule has 2 aliphatic rings. The number of aromatic carboxylic acids is 1. The Morgan fingerprint density at radius 3 is 2.53 bits per heavy atom. The first-order chi connectivity index (χ1) is 16.2. The van der Waals surface area contributed by atoms with Crippen LogP contribution in [0.25, 0.3) is 0 Å². The van der Waals surface area contributed by atoms with Crippen molar-refractivity contribution < 1.29 is 19.6 Å². The summed E-state index contributed by atoms with van der Waals surface area (Å²) in [6.07, 6.45) is 6.39. The van der Waals surface area contributed by atoms with Crippen LogP contribution in [-0.2, 0) is 6.42 Å². The summed E-state index contributed by atoms with van der Waals surface area (Å²) in [6, 6.07) is 10.3. The SMILES string of the molecule is CCCc1cc2c(cc1C)C(c1ccc(C(C)C)cc1C(=O)O)C1C=C(C)C(=[NH+]CC)C=C1O2. The van der Waals surface area contributed by atoms with E-state index in [4.69, 9.17) is 4.74 Å². The fraction of sp³-hybridized carbons (Fsp3) is 0.400. The summed E-state index contributed by atoms with van der Waals surface area (Å²) in [4.78, 5) is 15.9. The predicted molar refractivity (Wildman–Crippen MR) is 137 cm³/mol. The Morgan fingerprint density at radius 2 is 1.88 bits per heavy atom. The largest absolute Gasteiger partial charge is 0.478 e. The van der Waals surface area contributed by atoms with Crippen molar-refractivity contribution in [3.63, 3.8) is 0 Å². The van der Waals surface area contributed by atoms with Gasteiger partial charge >= 0.3 is 5.97 Å². The number of rotatable bonds is 6. The first-order valence-electron chi connectivity index (χ1n) is 12.4. The number of aryl methyl sites for hydroxylation is 2. The van der Waals surface area contributed by atoms with E-state index in [-0.39, 0.29) is 17.8 Å². The number of carboxylic acid groups (broad SMARTS) is 1. The lowest BCUT2D eigenvalue weighted by atomic mass is 9.72. The van der Waals surface area contributed by atoms with E-state index in [1.54, 1.807) is 0 Å². The lowest BCUT2D eigenvalue weighted by molar-refractivity contribution is -0.451. The standard InChI is InChI=1S/C30H35NO3/c1-7-9-21-15-27-24(12-18(21)5)29(22-11-10-20(17(3)4)14-23(22)30(32)33)25-13-19(6)26(31-8-2)16-28(25)34-27/h10-17,25,29H,7-9H2,1-6H3,(H,32,33)/p+1. The zero-order valence-corrected chi connectivity index (χ0v) is 21.2. The minimum Gasteiger partial charge on any atom is -0.478 e. The number of fused-ring (bicyclic) bond motifs is 2. The molecule has 0 saturated heterocycles. The molecule has 0 fully saturated rings. The molecule has 0 aromatic heterocycles. The molecule has 1 aliphatic carbocycles. The number of hydrogen-bond acceptors (Lipinski definition) is 2. The van der Waals surface area contributed by atoms with E-state index in [1.807, 2.05) is 12.1 Å². The maximum absolute atomic E-state index is 12.4. The molecule has 2 unspecified atom stereocenters. The highest BCUT2D eigenvalue weighted by molar-refractivity contribution is 6.05. The van der Waals surface area contributed by atoms with Gasteiger partial charge in [0, 0.05) is 29.0 Å². The molecule has 2 atom stereocenters. The Labute approximate surface area is 203 Å². The quantitative estimate of drug-likeness (QED) is 0.618. The van der Waals surface area contributed by atoms with Gasteiger partial charge in [0.2, 0.25) is 5.71 Å². The Bertz CT molecular complexity index is 1220. The number of allylic oxidation sites excluding steroid dienone is 3. The van der Waals surface area contributed by atoms with Crippen molar-refractivity contribution in [3.05, 3.63) is 87.2 Å². The van der Waals surface area contributed by atoms with Crippen LogP contribution in [0.4, 0.5) is 0 Å². The smallest absolute Gasteiger partial charge is 0.335 e. The van der Waals surface area contributed by atoms with Crippen LogP contribution in [0.5, 0.6) is 5.75 Å². The van der Waals surface area contributed by atoms with Gasteiger partial charge in [0.25, 0.3) is 0 Å². The van der Waals surface area contributed by atoms with E-state index in [0.717, 1.165) is 58.9 Å². The lowest BCUT2D eigenvalue weighted by Crippen LogP contribution is -2.72. The van der Waals surface area contributed by atoms with Crippen molar-refractivity contribution in [2.24, 2.45) is 5.92 Å². The van der Waals surface area contributed by atoms with Crippen molar-refractivity contribution in [2.75, 3.05) is 6.54 Å². The molecule has 2 N–H and O–H groups in total. The van der Waals surface area contributed by atoms with Crippen molar-refractivity contribution in [3.8, 4) is 5.75 Å². The van der Waals surface area contributed by atoms with Crippen molar-refractivity contribution in [1.29, 1.82) is 0 Å². The van der Waals surface area contributed by atoms with Gasteiger partial charge in [0.05, 0.1) is 5.56 Å². The van der Waals surface area contributed by atoms with Crippen LogP contribution in [0.15, 0.2) is 53.8 Å². The van der Waals surface area contributed by atoms with E-state index in [2.05, 4.69) is 76.9 Å². The summed E-state index contributed by atoms with van der Waals surface area (Å²) in [5, 5.41) is 10.2. The molecule has 34 heavy (non-hydrogen) atoms. The first-order valence-corrected chi connectivity index (χ1v) is 12.4. The van der Waals surface area contributed by atoms with E-state index in [1.165, 1.54) is 11.1 Å². The first kappa shape index (κ1) is 24.0. The average molecular weight is 459 g/mol. The van der Waals surface area contributed by atoms with Crippen molar-refractivity contribution in [2.45, 2.75) is 66.2 Å². The zero-order chi connectivity index (χ0) is 24.6. The van der Waals surface area contributed by atoms with E-state index >= 15 is 0 Å². The predicted octanol–water partition coefficient (Wildman–Crippen LogP) is 5.29. The maximum Gasteiger partial charge on any atom is 0.335 e. The Kier molecular flexibility index (Phi) is 6.79. The summed E-state index contributed by atoms with van der Waals surface area (Å²) < 4.78 is 6.53. The topological polar surface area (TPSA) is 60.5 Å². The van der Waals surface area contributed by atoms with Gasteiger partial charge < -0.3 is 9.84 Å². The number of hydrogen-bond donors (Lipinski definition) is 2. The molecular formula is C30H36NO3+. The lowest BCUT2D eigenvalue weighted by Gasteiger charge is -2.37. The van der Waals surface area contributed by atoms with Crippen molar-refractivity contribution in [1.82, 2.24) is 0 Å². The van der Waals surface area contributed by atoms with Crippen molar-refractivity contribution >= 4 is 11.7 Å². The van der Waals surface area contributed by atoms with Gasteiger partial charge in [-0.2, -0.15) is 0 Å². The summed E-state index contributed by atoms with van der Waals surface area (Å²) in [7, 11) is 0. The molecule has 0 amide bonds. The van der Waals surface area contributed by atoms with Crippen LogP contribution in [0.2, 0.25) is 0 Å². The highest BCUT2D eigenvalue weighted by Crippen LogP contribution is 2.49. The molecular weight excluding hydrogens is 422 g/mol. The molecule has 0 saturated carbocycles. The van der Waals surface area contributed by atoms with Crippen LogP contribution in [-0.4, -0.2) is 23.3 Å². The molecule has 2 aromatic rings. The minimum atomic E-state index is -0.883. The highest BCUT2D eigenvalue weighted by atomic mass is 16.5. The maximum atomic E-state index is 12.4. The molecule has 0 bridgehead atoms. The van der Waals surface area contributed by atoms with E-state index in [0.29, 0.717) is 5.56 Å². The molecule has 1 aliphatic heterocycles. The zero-order valence-electron chi connectivity index (χ0n) is 21.2. The highest BCUT2D eigenvalue weighted by Gasteiger charge is 2.40. The fourth-order valence-electron chi connectivity index (χ4n) is 5.23. The van der Waals surface area contributed by atoms with Gasteiger partial charge in [-0.25, -0.2) is 9.79 Å². The van der Waals surface area contributed by atoms with Gasteiger partial charge in [0.1, 0.15) is 18.1 Å². The average Bonchev–Trinajstić information content (AvgIpc) is 2.79. The van der Waals surface area contributed by atoms with E-state index in [9.17, 15) is 9.90 Å². The molecule has 4 rings (SSSR count). The third-order valence-corrected chi connectivity index (χ3v) is 7.06. The normalized spacial score (nSPS) is 20.4. The Hall–Kier alpha value is -3.14. The summed E-state index contributed by atoms with van der Waals surface area (Å²) in [5.41, 5.74) is 8.06. The third-order valence-electron chi connectivity index (χ3n) is 7.06. The molecule has 0 radical (unpaired) electrons. The monoisotopic (exact) mass is 458 g/mol. The van der Waals surface area contributed by atoms with Gasteiger partial charge in [-0.05, 0) is 67.5 Å². The van der Waals surface area contributed by atoms with E-state index < -0.39 is 5.97 Å². The van der Waals surface area contributed by atoms with Gasteiger partial charge in [-0.1, -0.05) is 51.5 Å². The molecule has 2 aromatic carbocycles. The number of carboxylic acids is 1. The Morgan fingerprint density at radius 1 is 1.12 bits per heavy atom. The second-order valence-corrected chi connectivity index (χ2v) is 9.82. The number of benzene rings is 2. The van der Waals surface area contributed by atoms with Crippen LogP contribution in [0, 0.1) is 12.8 Å². The number of carbonyl (C=O) groups is 1. The molecule has 178 valence electrons. The van der Waals surface area contributed by atoms with Gasteiger partial charge in [0.15, 0.2) is 0 Å². The third kappa shape index (κ3) is 4.34. The van der Waals surface area contributed by atoms with Crippen LogP contribution in [0.1, 0.15) is 91.1 Å². The second-order valence-electron chi connectivity index (χ2n) is 9.82. The molecule has 4 heteroatoms. The molecule has 4 nitrogen and oxygen atoms in total. The van der Waals surface area contributed by atoms with Crippen LogP contribution < -0.4 is 9.73 Å². The van der Waals surface area contributed by atoms with Gasteiger partial charge in [-0.15, -0.1) is 0 Å². The fourth-order valence-corrected chi connectivity index (χ4v) is 5.23. The van der Waals surface area contributed by atoms with Crippen LogP contribution in [0.3, 0.4) is 0 Å². The number of ether oxygens (including phenoxy) is 1.